The highest BCUT2D eigenvalue weighted by molar-refractivity contribution is 6.03. The SMILES string of the molecule is O=C(CC(=O)N1CCN(c2ncccn2)CC1)Nc1ccc2c(c1)OCO2. The summed E-state index contributed by atoms with van der Waals surface area (Å²) in [4.78, 5) is 36.7. The van der Waals surface area contributed by atoms with Crippen LogP contribution in [0, 0.1) is 0 Å². The third-order valence-corrected chi connectivity index (χ3v) is 4.44. The van der Waals surface area contributed by atoms with Gasteiger partial charge in [0, 0.05) is 50.3 Å². The molecule has 0 atom stereocenters. The lowest BCUT2D eigenvalue weighted by Crippen LogP contribution is -2.49. The largest absolute Gasteiger partial charge is 0.454 e. The zero-order chi connectivity index (χ0) is 18.6. The van der Waals surface area contributed by atoms with Crippen molar-refractivity contribution in [1.29, 1.82) is 0 Å². The summed E-state index contributed by atoms with van der Waals surface area (Å²) >= 11 is 0. The second-order valence-electron chi connectivity index (χ2n) is 6.21. The second kappa shape index (κ2) is 7.48. The highest BCUT2D eigenvalue weighted by atomic mass is 16.7. The number of fused-ring (bicyclic) bond motifs is 1. The number of ether oxygens (including phenoxy) is 2. The van der Waals surface area contributed by atoms with Gasteiger partial charge in [-0.2, -0.15) is 0 Å². The average Bonchev–Trinajstić information content (AvgIpc) is 3.16. The van der Waals surface area contributed by atoms with Gasteiger partial charge in [0.15, 0.2) is 11.5 Å². The van der Waals surface area contributed by atoms with Crippen LogP contribution in [-0.4, -0.2) is 59.7 Å². The van der Waals surface area contributed by atoms with Crippen LogP contribution in [0.1, 0.15) is 6.42 Å². The number of anilines is 2. The van der Waals surface area contributed by atoms with Gasteiger partial charge in [0.2, 0.25) is 24.6 Å². The number of nitrogens with one attached hydrogen (secondary N) is 1. The van der Waals surface area contributed by atoms with E-state index in [9.17, 15) is 9.59 Å². The Morgan fingerprint density at radius 3 is 2.56 bits per heavy atom. The summed E-state index contributed by atoms with van der Waals surface area (Å²) in [6.45, 7) is 2.52. The lowest BCUT2D eigenvalue weighted by Gasteiger charge is -2.34. The number of piperazine rings is 1. The molecule has 0 radical (unpaired) electrons. The predicted molar refractivity (Wildman–Crippen MR) is 96.6 cm³/mol. The number of nitrogens with zero attached hydrogens (tertiary/aromatic N) is 4. The third-order valence-electron chi connectivity index (χ3n) is 4.44. The van der Waals surface area contributed by atoms with Crippen LogP contribution in [-0.2, 0) is 9.59 Å². The molecular weight excluding hydrogens is 350 g/mol. The predicted octanol–water partition coefficient (Wildman–Crippen LogP) is 0.883. The monoisotopic (exact) mass is 369 g/mol. The molecular formula is C18H19N5O4. The minimum atomic E-state index is -0.354. The van der Waals surface area contributed by atoms with Crippen molar-refractivity contribution in [1.82, 2.24) is 14.9 Å². The van der Waals surface area contributed by atoms with Gasteiger partial charge in [-0.15, -0.1) is 0 Å². The van der Waals surface area contributed by atoms with Crippen LogP contribution in [0.5, 0.6) is 11.5 Å². The Bertz CT molecular complexity index is 837. The Kier molecular flexibility index (Phi) is 4.73. The van der Waals surface area contributed by atoms with Crippen molar-refractivity contribution in [3.63, 3.8) is 0 Å². The molecule has 1 fully saturated rings. The van der Waals surface area contributed by atoms with Gasteiger partial charge < -0.3 is 24.6 Å². The molecule has 1 aromatic carbocycles. The van der Waals surface area contributed by atoms with Gasteiger partial charge >= 0.3 is 0 Å². The molecule has 3 heterocycles. The smallest absolute Gasteiger partial charge is 0.233 e. The summed E-state index contributed by atoms with van der Waals surface area (Å²) in [5.41, 5.74) is 0.572. The fourth-order valence-electron chi connectivity index (χ4n) is 3.04. The zero-order valence-electron chi connectivity index (χ0n) is 14.6. The fourth-order valence-corrected chi connectivity index (χ4v) is 3.04. The van der Waals surface area contributed by atoms with E-state index in [0.717, 1.165) is 0 Å². The Labute approximate surface area is 155 Å². The number of carbonyl (C=O) groups is 2. The lowest BCUT2D eigenvalue weighted by atomic mass is 10.2. The first-order chi connectivity index (χ1) is 13.2. The van der Waals surface area contributed by atoms with E-state index in [0.29, 0.717) is 49.3 Å². The highest BCUT2D eigenvalue weighted by Crippen LogP contribution is 2.34. The maximum absolute atomic E-state index is 12.4. The first-order valence-electron chi connectivity index (χ1n) is 8.68. The molecule has 0 saturated carbocycles. The lowest BCUT2D eigenvalue weighted by molar-refractivity contribution is -0.134. The normalized spacial score (nSPS) is 15.6. The molecule has 1 saturated heterocycles. The molecule has 0 unspecified atom stereocenters. The molecule has 9 heteroatoms. The van der Waals surface area contributed by atoms with E-state index in [1.54, 1.807) is 41.6 Å². The Morgan fingerprint density at radius 1 is 1.04 bits per heavy atom. The summed E-state index contributed by atoms with van der Waals surface area (Å²) in [5.74, 6) is 1.34. The zero-order valence-corrected chi connectivity index (χ0v) is 14.6. The van der Waals surface area contributed by atoms with Crippen LogP contribution in [0.4, 0.5) is 11.6 Å². The molecule has 0 aliphatic carbocycles. The summed E-state index contributed by atoms with van der Waals surface area (Å²) in [6, 6.07) is 6.89. The van der Waals surface area contributed by atoms with Gasteiger partial charge in [-0.25, -0.2) is 9.97 Å². The van der Waals surface area contributed by atoms with Crippen molar-refractivity contribution in [2.75, 3.05) is 43.2 Å². The maximum atomic E-state index is 12.4. The first-order valence-corrected chi connectivity index (χ1v) is 8.68. The van der Waals surface area contributed by atoms with Crippen molar-refractivity contribution in [2.45, 2.75) is 6.42 Å². The number of hydrogen-bond donors (Lipinski definition) is 1. The summed E-state index contributed by atoms with van der Waals surface area (Å²) in [5, 5.41) is 2.72. The molecule has 2 amide bonds. The van der Waals surface area contributed by atoms with Crippen molar-refractivity contribution < 1.29 is 19.1 Å². The van der Waals surface area contributed by atoms with Gasteiger partial charge in [-0.05, 0) is 18.2 Å². The number of benzene rings is 1. The van der Waals surface area contributed by atoms with E-state index in [1.165, 1.54) is 0 Å². The van der Waals surface area contributed by atoms with E-state index >= 15 is 0 Å². The summed E-state index contributed by atoms with van der Waals surface area (Å²) < 4.78 is 10.5. The van der Waals surface area contributed by atoms with Crippen LogP contribution in [0.25, 0.3) is 0 Å². The molecule has 4 rings (SSSR count). The van der Waals surface area contributed by atoms with Crippen LogP contribution in [0.3, 0.4) is 0 Å². The van der Waals surface area contributed by atoms with Gasteiger partial charge in [0.05, 0.1) is 0 Å². The number of carbonyl (C=O) groups excluding carboxylic acids is 2. The standard InChI is InChI=1S/C18H19N5O4/c24-16(21-13-2-3-14-15(10-13)27-12-26-14)11-17(25)22-6-8-23(9-7-22)18-19-4-1-5-20-18/h1-5,10H,6-9,11-12H2,(H,21,24). The molecule has 27 heavy (non-hydrogen) atoms. The Balaban J connectivity index is 1.27. The van der Waals surface area contributed by atoms with E-state index in [1.807, 2.05) is 4.90 Å². The van der Waals surface area contributed by atoms with Crippen molar-refractivity contribution in [2.24, 2.45) is 0 Å². The van der Waals surface area contributed by atoms with Crippen LogP contribution in [0.2, 0.25) is 0 Å². The average molecular weight is 369 g/mol. The molecule has 1 aromatic heterocycles. The maximum Gasteiger partial charge on any atom is 0.233 e. The molecule has 1 N–H and O–H groups in total. The van der Waals surface area contributed by atoms with Crippen LogP contribution < -0.4 is 19.7 Å². The molecule has 9 nitrogen and oxygen atoms in total. The van der Waals surface area contributed by atoms with Crippen molar-refractivity contribution >= 4 is 23.5 Å². The fraction of sp³-hybridized carbons (Fsp3) is 0.333. The van der Waals surface area contributed by atoms with Crippen molar-refractivity contribution in [3.8, 4) is 11.5 Å². The number of hydrogen-bond acceptors (Lipinski definition) is 7. The first kappa shape index (κ1) is 17.1. The Morgan fingerprint density at radius 2 is 1.78 bits per heavy atom. The quantitative estimate of drug-likeness (QED) is 0.799. The second-order valence-corrected chi connectivity index (χ2v) is 6.21. The minimum Gasteiger partial charge on any atom is -0.454 e. The third kappa shape index (κ3) is 3.91. The highest BCUT2D eigenvalue weighted by Gasteiger charge is 2.24. The Hall–Kier alpha value is -3.36. The number of amides is 2. The molecule has 2 aliphatic rings. The molecule has 140 valence electrons. The molecule has 0 spiro atoms. The topological polar surface area (TPSA) is 96.9 Å². The van der Waals surface area contributed by atoms with E-state index < -0.39 is 0 Å². The van der Waals surface area contributed by atoms with Crippen LogP contribution >= 0.6 is 0 Å². The van der Waals surface area contributed by atoms with E-state index in [-0.39, 0.29) is 25.0 Å². The molecule has 2 aliphatic heterocycles. The summed E-state index contributed by atoms with van der Waals surface area (Å²) in [6.07, 6.45) is 3.19. The minimum absolute atomic E-state index is 0.172. The number of aromatic nitrogens is 2. The van der Waals surface area contributed by atoms with Gasteiger partial charge in [0.1, 0.15) is 6.42 Å². The van der Waals surface area contributed by atoms with Gasteiger partial charge in [0.25, 0.3) is 0 Å². The van der Waals surface area contributed by atoms with Gasteiger partial charge in [-0.3, -0.25) is 9.59 Å². The molecule has 0 bridgehead atoms. The number of rotatable bonds is 4. The van der Waals surface area contributed by atoms with Gasteiger partial charge in [-0.1, -0.05) is 0 Å². The van der Waals surface area contributed by atoms with Crippen molar-refractivity contribution in [3.05, 3.63) is 36.7 Å². The van der Waals surface area contributed by atoms with E-state index in [2.05, 4.69) is 15.3 Å². The van der Waals surface area contributed by atoms with Crippen LogP contribution in [0.15, 0.2) is 36.7 Å². The molecule has 2 aromatic rings. The summed E-state index contributed by atoms with van der Waals surface area (Å²) in [7, 11) is 0. The van der Waals surface area contributed by atoms with E-state index in [4.69, 9.17) is 9.47 Å².